The van der Waals surface area contributed by atoms with Gasteiger partial charge in [0.25, 0.3) is 0 Å². The van der Waals surface area contributed by atoms with Gasteiger partial charge in [0, 0.05) is 17.5 Å². The van der Waals surface area contributed by atoms with E-state index in [0.717, 1.165) is 30.4 Å². The molecule has 1 aliphatic carbocycles. The molecule has 2 atom stereocenters. The lowest BCUT2D eigenvalue weighted by Crippen LogP contribution is -2.42. The van der Waals surface area contributed by atoms with Crippen LogP contribution in [0.5, 0.6) is 0 Å². The van der Waals surface area contributed by atoms with Crippen LogP contribution < -0.4 is 11.1 Å². The van der Waals surface area contributed by atoms with Crippen molar-refractivity contribution in [1.29, 1.82) is 0 Å². The molecule has 4 N–H and O–H groups in total. The number of anilines is 1. The van der Waals surface area contributed by atoms with Crippen molar-refractivity contribution in [2.45, 2.75) is 37.8 Å². The van der Waals surface area contributed by atoms with Gasteiger partial charge in [-0.1, -0.05) is 12.8 Å². The number of nitrogens with one attached hydrogen (secondary N) is 1. The third-order valence-electron chi connectivity index (χ3n) is 3.68. The van der Waals surface area contributed by atoms with Crippen LogP contribution in [0.3, 0.4) is 0 Å². The van der Waals surface area contributed by atoms with Crippen molar-refractivity contribution in [3.05, 3.63) is 17.1 Å². The highest BCUT2D eigenvalue weighted by Crippen LogP contribution is 2.25. The van der Waals surface area contributed by atoms with Crippen LogP contribution >= 0.6 is 11.3 Å². The van der Waals surface area contributed by atoms with Crippen LogP contribution in [0.15, 0.2) is 11.6 Å². The minimum absolute atomic E-state index is 0.101. The SMILES string of the molecule is N[C@H]1CCCC[C@@H]1Nc1ncc2scc(C(=O)O)c2n1. The zero-order valence-electron chi connectivity index (χ0n) is 10.9. The van der Waals surface area contributed by atoms with Gasteiger partial charge in [-0.15, -0.1) is 11.3 Å². The first-order valence-electron chi connectivity index (χ1n) is 6.65. The third-order valence-corrected chi connectivity index (χ3v) is 4.58. The van der Waals surface area contributed by atoms with E-state index in [0.29, 0.717) is 11.5 Å². The maximum absolute atomic E-state index is 11.1. The molecule has 1 saturated carbocycles. The largest absolute Gasteiger partial charge is 0.478 e. The molecule has 0 radical (unpaired) electrons. The van der Waals surface area contributed by atoms with E-state index in [2.05, 4.69) is 15.3 Å². The van der Waals surface area contributed by atoms with Crippen molar-refractivity contribution in [3.63, 3.8) is 0 Å². The Morgan fingerprint density at radius 1 is 1.45 bits per heavy atom. The number of carbonyl (C=O) groups is 1. The first kappa shape index (κ1) is 13.3. The number of rotatable bonds is 3. The van der Waals surface area contributed by atoms with E-state index >= 15 is 0 Å². The molecule has 0 aliphatic heterocycles. The first-order valence-corrected chi connectivity index (χ1v) is 7.53. The predicted molar refractivity (Wildman–Crippen MR) is 78.2 cm³/mol. The molecule has 0 bridgehead atoms. The summed E-state index contributed by atoms with van der Waals surface area (Å²) in [4.78, 5) is 19.7. The van der Waals surface area contributed by atoms with Crippen molar-refractivity contribution < 1.29 is 9.90 Å². The first-order chi connectivity index (χ1) is 9.65. The average molecular weight is 292 g/mol. The summed E-state index contributed by atoms with van der Waals surface area (Å²) in [5.74, 6) is -0.504. The Kier molecular flexibility index (Phi) is 3.54. The molecule has 7 heteroatoms. The monoisotopic (exact) mass is 292 g/mol. The molecule has 2 aromatic heterocycles. The van der Waals surface area contributed by atoms with Gasteiger partial charge in [-0.05, 0) is 12.8 Å². The Labute approximate surface area is 120 Å². The highest BCUT2D eigenvalue weighted by molar-refractivity contribution is 7.17. The van der Waals surface area contributed by atoms with Crippen LogP contribution in [0.2, 0.25) is 0 Å². The third kappa shape index (κ3) is 2.46. The summed E-state index contributed by atoms with van der Waals surface area (Å²) in [6.07, 6.45) is 5.96. The minimum Gasteiger partial charge on any atom is -0.478 e. The van der Waals surface area contributed by atoms with Crippen LogP contribution in [0.25, 0.3) is 10.2 Å². The lowest BCUT2D eigenvalue weighted by molar-refractivity contribution is 0.0699. The van der Waals surface area contributed by atoms with Crippen LogP contribution in [0.4, 0.5) is 5.95 Å². The van der Waals surface area contributed by atoms with Gasteiger partial charge >= 0.3 is 5.97 Å². The van der Waals surface area contributed by atoms with E-state index in [-0.39, 0.29) is 17.6 Å². The van der Waals surface area contributed by atoms with Gasteiger partial charge in [0.1, 0.15) is 5.52 Å². The van der Waals surface area contributed by atoms with Gasteiger partial charge in [0.05, 0.1) is 16.5 Å². The van der Waals surface area contributed by atoms with Crippen LogP contribution in [0, 0.1) is 0 Å². The lowest BCUT2D eigenvalue weighted by atomic mass is 9.91. The Balaban J connectivity index is 1.88. The van der Waals surface area contributed by atoms with Gasteiger partial charge in [-0.25, -0.2) is 14.8 Å². The molecular weight excluding hydrogens is 276 g/mol. The molecule has 0 saturated heterocycles. The van der Waals surface area contributed by atoms with E-state index in [1.807, 2.05) is 0 Å². The second kappa shape index (κ2) is 5.34. The molecule has 6 nitrogen and oxygen atoms in total. The van der Waals surface area contributed by atoms with Crippen molar-refractivity contribution in [3.8, 4) is 0 Å². The van der Waals surface area contributed by atoms with Gasteiger partial charge in [-0.2, -0.15) is 0 Å². The second-order valence-corrected chi connectivity index (χ2v) is 5.97. The van der Waals surface area contributed by atoms with Crippen LogP contribution in [-0.4, -0.2) is 33.1 Å². The highest BCUT2D eigenvalue weighted by Gasteiger charge is 2.22. The molecular formula is C13H16N4O2S. The normalized spacial score (nSPS) is 22.9. The van der Waals surface area contributed by atoms with Crippen molar-refractivity contribution in [2.24, 2.45) is 5.73 Å². The summed E-state index contributed by atoms with van der Waals surface area (Å²) in [5, 5.41) is 14.0. The standard InChI is InChI=1S/C13H16N4O2S/c14-8-3-1-2-4-9(8)16-13-15-5-10-11(17-13)7(6-20-10)12(18)19/h5-6,8-9H,1-4,14H2,(H,18,19)(H,15,16,17)/t8-,9-/m0/s1. The van der Waals surface area contributed by atoms with E-state index < -0.39 is 5.97 Å². The maximum Gasteiger partial charge on any atom is 0.338 e. The topological polar surface area (TPSA) is 101 Å². The zero-order valence-corrected chi connectivity index (χ0v) is 11.7. The Morgan fingerprint density at radius 3 is 3.00 bits per heavy atom. The van der Waals surface area contributed by atoms with Crippen LogP contribution in [0.1, 0.15) is 36.0 Å². The van der Waals surface area contributed by atoms with Gasteiger partial charge in [0.15, 0.2) is 0 Å². The molecule has 20 heavy (non-hydrogen) atoms. The number of thiophene rings is 1. The number of nitrogens with zero attached hydrogens (tertiary/aromatic N) is 2. The quantitative estimate of drug-likeness (QED) is 0.800. The molecule has 2 heterocycles. The molecule has 0 amide bonds. The van der Waals surface area contributed by atoms with Gasteiger partial charge in [-0.3, -0.25) is 0 Å². The molecule has 0 spiro atoms. The summed E-state index contributed by atoms with van der Waals surface area (Å²) in [7, 11) is 0. The summed E-state index contributed by atoms with van der Waals surface area (Å²) < 4.78 is 0.779. The Morgan fingerprint density at radius 2 is 2.25 bits per heavy atom. The fourth-order valence-electron chi connectivity index (χ4n) is 2.55. The number of hydrogen-bond acceptors (Lipinski definition) is 6. The number of aromatic carboxylic acids is 1. The molecule has 1 fully saturated rings. The molecule has 0 unspecified atom stereocenters. The van der Waals surface area contributed by atoms with Crippen molar-refractivity contribution in [1.82, 2.24) is 9.97 Å². The number of hydrogen-bond donors (Lipinski definition) is 3. The van der Waals surface area contributed by atoms with E-state index in [1.54, 1.807) is 11.6 Å². The van der Waals surface area contributed by atoms with E-state index in [4.69, 9.17) is 10.8 Å². The summed E-state index contributed by atoms with van der Waals surface area (Å²) >= 11 is 1.34. The number of carboxylic acid groups (broad SMARTS) is 1. The molecule has 106 valence electrons. The Hall–Kier alpha value is -1.73. The molecule has 1 aliphatic rings. The van der Waals surface area contributed by atoms with Crippen molar-refractivity contribution >= 4 is 33.5 Å². The summed E-state index contributed by atoms with van der Waals surface area (Å²) in [6, 6.07) is 0.262. The van der Waals surface area contributed by atoms with E-state index in [9.17, 15) is 4.79 Å². The molecule has 2 aromatic rings. The average Bonchev–Trinajstić information content (AvgIpc) is 2.84. The second-order valence-electron chi connectivity index (χ2n) is 5.06. The number of nitrogens with two attached hydrogens (primary N) is 1. The summed E-state index contributed by atoms with van der Waals surface area (Å²) in [5.41, 5.74) is 6.80. The number of carboxylic acids is 1. The summed E-state index contributed by atoms with van der Waals surface area (Å²) in [6.45, 7) is 0. The lowest BCUT2D eigenvalue weighted by Gasteiger charge is -2.29. The minimum atomic E-state index is -0.963. The number of fused-ring (bicyclic) bond motifs is 1. The fraction of sp³-hybridized carbons (Fsp3) is 0.462. The zero-order chi connectivity index (χ0) is 14.1. The van der Waals surface area contributed by atoms with Crippen molar-refractivity contribution in [2.75, 3.05) is 5.32 Å². The van der Waals surface area contributed by atoms with Gasteiger partial charge in [0.2, 0.25) is 5.95 Å². The van der Waals surface area contributed by atoms with Gasteiger partial charge < -0.3 is 16.2 Å². The number of aromatic nitrogens is 2. The highest BCUT2D eigenvalue weighted by atomic mass is 32.1. The van der Waals surface area contributed by atoms with E-state index in [1.165, 1.54) is 11.3 Å². The predicted octanol–water partition coefficient (Wildman–Crippen LogP) is 2.07. The maximum atomic E-state index is 11.1. The Bertz CT molecular complexity index is 642. The molecule has 0 aromatic carbocycles. The van der Waals surface area contributed by atoms with Crippen LogP contribution in [-0.2, 0) is 0 Å². The smallest absolute Gasteiger partial charge is 0.338 e. The molecule has 3 rings (SSSR count). The fourth-order valence-corrected chi connectivity index (χ4v) is 3.39.